The number of hydrogen-bond acceptors (Lipinski definition) is 3. The topological polar surface area (TPSA) is 66.0 Å². The van der Waals surface area contributed by atoms with Crippen LogP contribution < -0.4 is 17.1 Å². The van der Waals surface area contributed by atoms with Crippen LogP contribution in [-0.4, -0.2) is 13.7 Å². The van der Waals surface area contributed by atoms with Crippen LogP contribution in [0.25, 0.3) is 0 Å². The minimum atomic E-state index is -0.599. The van der Waals surface area contributed by atoms with Crippen molar-refractivity contribution in [1.82, 2.24) is 13.7 Å². The van der Waals surface area contributed by atoms with Gasteiger partial charge in [0.2, 0.25) is 0 Å². The Morgan fingerprint density at radius 3 is 0.689 bits per heavy atom. The monoisotopic (exact) mass is 615 g/mol. The molecule has 0 spiro atoms. The molecule has 0 radical (unpaired) electrons. The number of aromatic nitrogens is 3. The molecule has 0 aliphatic carbocycles. The maximum absolute atomic E-state index is 14.5. The highest BCUT2D eigenvalue weighted by atomic mass is 16.2. The van der Waals surface area contributed by atoms with Crippen molar-refractivity contribution in [2.45, 2.75) is 95.2 Å². The van der Waals surface area contributed by atoms with E-state index in [0.717, 1.165) is 0 Å². The van der Waals surface area contributed by atoms with Gasteiger partial charge >= 0.3 is 17.1 Å². The van der Waals surface area contributed by atoms with Gasteiger partial charge < -0.3 is 0 Å². The van der Waals surface area contributed by atoms with E-state index in [4.69, 9.17) is 0 Å². The van der Waals surface area contributed by atoms with Crippen molar-refractivity contribution >= 4 is 0 Å². The minimum absolute atomic E-state index is 0.118. The van der Waals surface area contributed by atoms with Crippen LogP contribution in [0.2, 0.25) is 0 Å². The molecule has 0 bridgehead atoms. The number of hydrogen-bond donors (Lipinski definition) is 0. The maximum atomic E-state index is 14.5. The van der Waals surface area contributed by atoms with Crippen LogP contribution in [0, 0.1) is 17.8 Å². The Bertz CT molecular complexity index is 1120. The van der Waals surface area contributed by atoms with E-state index >= 15 is 0 Å². The van der Waals surface area contributed by atoms with Crippen molar-refractivity contribution in [2.75, 3.05) is 0 Å². The van der Waals surface area contributed by atoms with Crippen molar-refractivity contribution in [3.63, 3.8) is 0 Å². The second-order valence-corrected chi connectivity index (χ2v) is 11.9. The minimum Gasteiger partial charge on any atom is -0.247 e. The SMILES string of the molecule is C=CCC(CC=C)CC(CC=C)n1c(=O)n(C(CC=C)CC(CC=C)CC=C)c(=O)n(C(CC=C)CC(CC=C)CC=C)c1=O. The third-order valence-corrected chi connectivity index (χ3v) is 8.46. The average molecular weight is 616 g/mol. The molecule has 6 nitrogen and oxygen atoms in total. The molecule has 0 fully saturated rings. The summed E-state index contributed by atoms with van der Waals surface area (Å²) in [6, 6.07) is -1.52. The van der Waals surface area contributed by atoms with Crippen molar-refractivity contribution in [3.05, 3.63) is 145 Å². The Morgan fingerprint density at radius 1 is 0.356 bits per heavy atom. The van der Waals surface area contributed by atoms with E-state index < -0.39 is 35.2 Å². The highest BCUT2D eigenvalue weighted by Crippen LogP contribution is 2.29. The highest BCUT2D eigenvalue weighted by Gasteiger charge is 2.30. The van der Waals surface area contributed by atoms with E-state index in [1.54, 1.807) is 18.2 Å². The van der Waals surface area contributed by atoms with Gasteiger partial charge in [-0.1, -0.05) is 54.7 Å². The molecule has 3 atom stereocenters. The Morgan fingerprint density at radius 2 is 0.533 bits per heavy atom. The van der Waals surface area contributed by atoms with Crippen molar-refractivity contribution < 1.29 is 0 Å². The third-order valence-electron chi connectivity index (χ3n) is 8.46. The van der Waals surface area contributed by atoms with Gasteiger partial charge in [0.1, 0.15) is 0 Å². The summed E-state index contributed by atoms with van der Waals surface area (Å²) >= 11 is 0. The van der Waals surface area contributed by atoms with E-state index in [9.17, 15) is 14.4 Å². The van der Waals surface area contributed by atoms with Crippen LogP contribution >= 0.6 is 0 Å². The zero-order valence-corrected chi connectivity index (χ0v) is 27.6. The highest BCUT2D eigenvalue weighted by molar-refractivity contribution is 4.96. The van der Waals surface area contributed by atoms with E-state index in [1.807, 2.05) is 36.5 Å². The van der Waals surface area contributed by atoms with Gasteiger partial charge in [0.15, 0.2) is 0 Å². The maximum Gasteiger partial charge on any atom is 0.336 e. The van der Waals surface area contributed by atoms with Crippen LogP contribution in [0.3, 0.4) is 0 Å². The summed E-state index contributed by atoms with van der Waals surface area (Å²) in [6.45, 7) is 35.3. The molecule has 0 aliphatic rings. The second kappa shape index (κ2) is 21.7. The van der Waals surface area contributed by atoms with E-state index in [-0.39, 0.29) is 17.8 Å². The fraction of sp³-hybridized carbons (Fsp3) is 0.462. The van der Waals surface area contributed by atoms with Crippen LogP contribution in [0.4, 0.5) is 0 Å². The quantitative estimate of drug-likeness (QED) is 0.0928. The largest absolute Gasteiger partial charge is 0.336 e. The molecule has 45 heavy (non-hydrogen) atoms. The van der Waals surface area contributed by atoms with Crippen LogP contribution in [0.1, 0.15) is 95.2 Å². The molecule has 1 rings (SSSR count). The summed E-state index contributed by atoms with van der Waals surface area (Å²) in [5, 5.41) is 0. The average Bonchev–Trinajstić information content (AvgIpc) is 2.98. The van der Waals surface area contributed by atoms with Gasteiger partial charge in [0.05, 0.1) is 0 Å². The Hall–Kier alpha value is -3.93. The summed E-state index contributed by atoms with van der Waals surface area (Å²) in [5.74, 6) is 0.353. The van der Waals surface area contributed by atoms with Gasteiger partial charge in [-0.15, -0.1) is 59.2 Å². The molecule has 1 heterocycles. The smallest absolute Gasteiger partial charge is 0.247 e. The van der Waals surface area contributed by atoms with Gasteiger partial charge in [-0.25, -0.2) is 28.1 Å². The van der Waals surface area contributed by atoms with Gasteiger partial charge in [-0.05, 0) is 94.8 Å². The first-order valence-electron chi connectivity index (χ1n) is 16.2. The van der Waals surface area contributed by atoms with Gasteiger partial charge in [-0.2, -0.15) is 0 Å². The fourth-order valence-corrected chi connectivity index (χ4v) is 6.46. The molecule has 1 aromatic heterocycles. The summed E-state index contributed by atoms with van der Waals surface area (Å²) in [5.41, 5.74) is -1.80. The van der Waals surface area contributed by atoms with Crippen LogP contribution in [0.5, 0.6) is 0 Å². The van der Waals surface area contributed by atoms with E-state index in [0.29, 0.717) is 77.0 Å². The molecule has 0 saturated heterocycles. The molecule has 3 unspecified atom stereocenters. The molecule has 0 saturated carbocycles. The molecule has 0 aliphatic heterocycles. The first-order chi connectivity index (χ1) is 21.7. The molecular weight excluding hydrogens is 558 g/mol. The standard InChI is InChI=1S/C39H57N3O3/c1-10-19-31(20-11-2)28-34(25-16-7)40-37(43)41(35(26-17-8)29-32(21-12-3)22-13-4)39(45)42(38(40)44)36(27-18-9)30-33(23-14-5)24-15-6/h10-18,31-36H,1-9,19-30H2. The van der Waals surface area contributed by atoms with Crippen molar-refractivity contribution in [2.24, 2.45) is 17.8 Å². The lowest BCUT2D eigenvalue weighted by Gasteiger charge is -2.30. The zero-order valence-electron chi connectivity index (χ0n) is 27.6. The zero-order chi connectivity index (χ0) is 33.8. The number of rotatable bonds is 27. The molecule has 1 aromatic rings. The first kappa shape index (κ1) is 39.1. The normalized spacial score (nSPS) is 13.1. The van der Waals surface area contributed by atoms with Gasteiger partial charge in [0, 0.05) is 18.1 Å². The predicted molar refractivity (Wildman–Crippen MR) is 194 cm³/mol. The van der Waals surface area contributed by atoms with Gasteiger partial charge in [-0.3, -0.25) is 0 Å². The van der Waals surface area contributed by atoms with E-state index in [2.05, 4.69) is 59.2 Å². The molecule has 0 N–H and O–H groups in total. The number of nitrogens with zero attached hydrogens (tertiary/aromatic N) is 3. The van der Waals surface area contributed by atoms with Crippen molar-refractivity contribution in [1.29, 1.82) is 0 Å². The lowest BCUT2D eigenvalue weighted by Crippen LogP contribution is -2.57. The van der Waals surface area contributed by atoms with Crippen LogP contribution in [-0.2, 0) is 0 Å². The summed E-state index contributed by atoms with van der Waals surface area (Å²) < 4.78 is 3.92. The van der Waals surface area contributed by atoms with Gasteiger partial charge in [0.25, 0.3) is 0 Å². The molecule has 0 aromatic carbocycles. The fourth-order valence-electron chi connectivity index (χ4n) is 6.46. The Balaban J connectivity index is 4.23. The Labute approximate surface area is 271 Å². The third kappa shape index (κ3) is 11.5. The van der Waals surface area contributed by atoms with Crippen molar-refractivity contribution in [3.8, 4) is 0 Å². The lowest BCUT2D eigenvalue weighted by molar-refractivity contribution is 0.266. The number of allylic oxidation sites excluding steroid dienone is 9. The Kier molecular flexibility index (Phi) is 18.9. The van der Waals surface area contributed by atoms with E-state index in [1.165, 1.54) is 13.7 Å². The first-order valence-corrected chi connectivity index (χ1v) is 16.2. The molecule has 246 valence electrons. The molecule has 6 heteroatoms. The van der Waals surface area contributed by atoms with Crippen LogP contribution in [0.15, 0.2) is 128 Å². The predicted octanol–water partition coefficient (Wildman–Crippen LogP) is 9.00. The second-order valence-electron chi connectivity index (χ2n) is 11.9. The molecule has 0 amide bonds. The molecular formula is C39H57N3O3. The lowest BCUT2D eigenvalue weighted by atomic mass is 9.91. The summed E-state index contributed by atoms with van der Waals surface area (Å²) in [7, 11) is 0. The summed E-state index contributed by atoms with van der Waals surface area (Å²) in [6.07, 6.45) is 23.3. The summed E-state index contributed by atoms with van der Waals surface area (Å²) in [4.78, 5) is 43.5.